The predicted octanol–water partition coefficient (Wildman–Crippen LogP) is 5.27. The lowest BCUT2D eigenvalue weighted by molar-refractivity contribution is 0.102. The molecule has 7 nitrogen and oxygen atoms in total. The van der Waals surface area contributed by atoms with Crippen LogP contribution in [0.5, 0.6) is 17.4 Å². The maximum Gasteiger partial charge on any atom is 0.257 e. The van der Waals surface area contributed by atoms with Crippen molar-refractivity contribution in [2.45, 2.75) is 0 Å². The van der Waals surface area contributed by atoms with Gasteiger partial charge in [-0.2, -0.15) is 0 Å². The van der Waals surface area contributed by atoms with Crippen LogP contribution in [0.1, 0.15) is 10.4 Å². The Morgan fingerprint density at radius 2 is 1.71 bits per heavy atom. The molecule has 0 aliphatic carbocycles. The van der Waals surface area contributed by atoms with Crippen molar-refractivity contribution in [1.29, 1.82) is 0 Å². The molecule has 0 unspecified atom stereocenters. The molecule has 4 aromatic rings. The number of carbonyl (C=O) groups excluding carboxylic acids is 1. The molecular formula is C24H20N4O3. The van der Waals surface area contributed by atoms with Crippen LogP contribution in [-0.4, -0.2) is 23.0 Å². The summed E-state index contributed by atoms with van der Waals surface area (Å²) in [7, 11) is 1.62. The van der Waals surface area contributed by atoms with E-state index in [1.165, 1.54) is 6.20 Å². The van der Waals surface area contributed by atoms with Gasteiger partial charge in [0, 0.05) is 29.8 Å². The fraction of sp³-hybridized carbons (Fsp3) is 0.0417. The van der Waals surface area contributed by atoms with Crippen molar-refractivity contribution >= 4 is 23.0 Å². The van der Waals surface area contributed by atoms with Crippen LogP contribution in [-0.2, 0) is 0 Å². The minimum atomic E-state index is -0.242. The Balaban J connectivity index is 1.49. The zero-order chi connectivity index (χ0) is 21.5. The number of para-hydroxylation sites is 1. The second kappa shape index (κ2) is 9.41. The summed E-state index contributed by atoms with van der Waals surface area (Å²) in [6.45, 7) is 0. The van der Waals surface area contributed by atoms with E-state index in [4.69, 9.17) is 9.47 Å². The summed E-state index contributed by atoms with van der Waals surface area (Å²) < 4.78 is 10.9. The molecule has 0 radical (unpaired) electrons. The summed E-state index contributed by atoms with van der Waals surface area (Å²) in [5.41, 5.74) is 2.65. The van der Waals surface area contributed by atoms with Gasteiger partial charge in [-0.25, -0.2) is 4.98 Å². The van der Waals surface area contributed by atoms with Crippen LogP contribution in [0.15, 0.2) is 91.4 Å². The van der Waals surface area contributed by atoms with Gasteiger partial charge in [0.05, 0.1) is 24.6 Å². The Morgan fingerprint density at radius 3 is 2.48 bits per heavy atom. The van der Waals surface area contributed by atoms with E-state index in [-0.39, 0.29) is 5.91 Å². The summed E-state index contributed by atoms with van der Waals surface area (Å²) >= 11 is 0. The van der Waals surface area contributed by atoms with E-state index in [0.717, 1.165) is 11.4 Å². The Labute approximate surface area is 179 Å². The minimum absolute atomic E-state index is 0.242. The van der Waals surface area contributed by atoms with Gasteiger partial charge in [-0.1, -0.05) is 18.2 Å². The second-order valence-corrected chi connectivity index (χ2v) is 6.53. The van der Waals surface area contributed by atoms with Crippen molar-refractivity contribution in [1.82, 2.24) is 9.97 Å². The highest BCUT2D eigenvalue weighted by atomic mass is 16.5. The van der Waals surface area contributed by atoms with Crippen molar-refractivity contribution in [3.8, 4) is 17.4 Å². The molecule has 0 bridgehead atoms. The molecule has 0 fully saturated rings. The van der Waals surface area contributed by atoms with Crippen LogP contribution in [0, 0.1) is 0 Å². The number of nitrogens with zero attached hydrogens (tertiary/aromatic N) is 2. The van der Waals surface area contributed by atoms with Crippen molar-refractivity contribution in [2.75, 3.05) is 17.7 Å². The number of rotatable bonds is 7. The Kier molecular flexibility index (Phi) is 6.04. The predicted molar refractivity (Wildman–Crippen MR) is 119 cm³/mol. The molecule has 4 rings (SSSR count). The van der Waals surface area contributed by atoms with Crippen molar-refractivity contribution < 1.29 is 14.3 Å². The zero-order valence-corrected chi connectivity index (χ0v) is 16.8. The number of carbonyl (C=O) groups is 1. The first kappa shape index (κ1) is 19.9. The van der Waals surface area contributed by atoms with Crippen molar-refractivity contribution in [2.24, 2.45) is 0 Å². The molecule has 0 spiro atoms. The number of anilines is 3. The van der Waals surface area contributed by atoms with Gasteiger partial charge in [-0.15, -0.1) is 0 Å². The number of hydrogen-bond acceptors (Lipinski definition) is 6. The van der Waals surface area contributed by atoms with Gasteiger partial charge < -0.3 is 20.1 Å². The van der Waals surface area contributed by atoms with E-state index >= 15 is 0 Å². The number of methoxy groups -OCH3 is 1. The minimum Gasteiger partial charge on any atom is -0.497 e. The first-order valence-corrected chi connectivity index (χ1v) is 9.57. The lowest BCUT2D eigenvalue weighted by Gasteiger charge is -2.13. The lowest BCUT2D eigenvalue weighted by atomic mass is 10.1. The van der Waals surface area contributed by atoms with Gasteiger partial charge in [0.2, 0.25) is 5.88 Å². The maximum atomic E-state index is 13.0. The van der Waals surface area contributed by atoms with Crippen LogP contribution in [0.4, 0.5) is 17.1 Å². The van der Waals surface area contributed by atoms with Gasteiger partial charge in [-0.3, -0.25) is 9.78 Å². The number of hydrogen-bond donors (Lipinski definition) is 2. The normalized spacial score (nSPS) is 10.2. The average molecular weight is 412 g/mol. The molecule has 0 saturated heterocycles. The quantitative estimate of drug-likeness (QED) is 0.430. The fourth-order valence-electron chi connectivity index (χ4n) is 2.91. The molecule has 31 heavy (non-hydrogen) atoms. The highest BCUT2D eigenvalue weighted by Crippen LogP contribution is 2.25. The van der Waals surface area contributed by atoms with Crippen molar-refractivity contribution in [3.63, 3.8) is 0 Å². The van der Waals surface area contributed by atoms with Gasteiger partial charge in [0.15, 0.2) is 0 Å². The molecule has 0 aliphatic rings. The van der Waals surface area contributed by atoms with Crippen LogP contribution >= 0.6 is 0 Å². The van der Waals surface area contributed by atoms with E-state index in [1.807, 2.05) is 42.5 Å². The molecule has 1 heterocycles. The third kappa shape index (κ3) is 5.16. The molecule has 2 N–H and O–H groups in total. The van der Waals surface area contributed by atoms with E-state index in [9.17, 15) is 4.79 Å². The monoisotopic (exact) mass is 412 g/mol. The molecule has 1 aromatic heterocycles. The highest BCUT2D eigenvalue weighted by Gasteiger charge is 2.12. The molecule has 0 saturated carbocycles. The molecule has 7 heteroatoms. The topological polar surface area (TPSA) is 85.4 Å². The first-order valence-electron chi connectivity index (χ1n) is 9.57. The summed E-state index contributed by atoms with van der Waals surface area (Å²) in [5, 5.41) is 6.19. The third-order valence-corrected chi connectivity index (χ3v) is 4.39. The Morgan fingerprint density at radius 1 is 0.871 bits per heavy atom. The van der Waals surface area contributed by atoms with E-state index in [0.29, 0.717) is 28.6 Å². The summed E-state index contributed by atoms with van der Waals surface area (Å²) in [5.74, 6) is 1.44. The van der Waals surface area contributed by atoms with Crippen LogP contribution in [0.3, 0.4) is 0 Å². The molecule has 0 atom stereocenters. The largest absolute Gasteiger partial charge is 0.497 e. The van der Waals surface area contributed by atoms with Crippen LogP contribution < -0.4 is 20.1 Å². The molecule has 1 amide bonds. The Hall–Kier alpha value is -4.39. The standard InChI is InChI=1S/C24H20N4O3/c1-30-19-11-9-17(10-12-19)27-22-8-3-2-7-21(22)24(29)28-18-5-4-6-20(15-18)31-23-16-25-13-14-26-23/h2-16,27H,1H3,(H,28,29). The Bertz CT molecular complexity index is 1160. The van der Waals surface area contributed by atoms with Crippen LogP contribution in [0.2, 0.25) is 0 Å². The third-order valence-electron chi connectivity index (χ3n) is 4.39. The van der Waals surface area contributed by atoms with Crippen molar-refractivity contribution in [3.05, 3.63) is 97.0 Å². The van der Waals surface area contributed by atoms with E-state index in [1.54, 1.807) is 49.8 Å². The molecule has 0 aliphatic heterocycles. The summed E-state index contributed by atoms with van der Waals surface area (Å²) in [6.07, 6.45) is 4.64. The summed E-state index contributed by atoms with van der Waals surface area (Å²) in [4.78, 5) is 21.0. The number of amides is 1. The van der Waals surface area contributed by atoms with Gasteiger partial charge in [-0.05, 0) is 48.5 Å². The molecule has 3 aromatic carbocycles. The fourth-order valence-corrected chi connectivity index (χ4v) is 2.91. The lowest BCUT2D eigenvalue weighted by Crippen LogP contribution is -2.13. The van der Waals surface area contributed by atoms with E-state index in [2.05, 4.69) is 20.6 Å². The van der Waals surface area contributed by atoms with Gasteiger partial charge >= 0.3 is 0 Å². The molecule has 154 valence electrons. The average Bonchev–Trinajstić information content (AvgIpc) is 2.81. The van der Waals surface area contributed by atoms with Gasteiger partial charge in [0.25, 0.3) is 5.91 Å². The SMILES string of the molecule is COc1ccc(Nc2ccccc2C(=O)Nc2cccc(Oc3cnccn3)c2)cc1. The number of ether oxygens (including phenoxy) is 2. The maximum absolute atomic E-state index is 13.0. The highest BCUT2D eigenvalue weighted by molar-refractivity contribution is 6.08. The summed E-state index contributed by atoms with van der Waals surface area (Å²) in [6, 6.07) is 21.9. The van der Waals surface area contributed by atoms with Gasteiger partial charge in [0.1, 0.15) is 11.5 Å². The number of nitrogens with one attached hydrogen (secondary N) is 2. The zero-order valence-electron chi connectivity index (χ0n) is 16.8. The second-order valence-electron chi connectivity index (χ2n) is 6.53. The molecular weight excluding hydrogens is 392 g/mol. The number of benzene rings is 3. The first-order chi connectivity index (χ1) is 15.2. The number of aromatic nitrogens is 2. The van der Waals surface area contributed by atoms with Crippen LogP contribution in [0.25, 0.3) is 0 Å². The smallest absolute Gasteiger partial charge is 0.257 e. The van der Waals surface area contributed by atoms with E-state index < -0.39 is 0 Å².